The van der Waals surface area contributed by atoms with Gasteiger partial charge in [0.1, 0.15) is 0 Å². The molecule has 9 heteroatoms. The van der Waals surface area contributed by atoms with E-state index in [-0.39, 0.29) is 19.5 Å². The van der Waals surface area contributed by atoms with E-state index in [1.165, 1.54) is 0 Å². The minimum Gasteiger partial charge on any atom is -0.311 e. The van der Waals surface area contributed by atoms with E-state index in [1.807, 2.05) is 0 Å². The van der Waals surface area contributed by atoms with Crippen LogP contribution in [0.25, 0.3) is 0 Å². The molecule has 0 radical (unpaired) electrons. The molecule has 0 unspecified atom stereocenters. The third-order valence-corrected chi connectivity index (χ3v) is 4.63. The average molecular weight is 454 g/mol. The van der Waals surface area contributed by atoms with Crippen molar-refractivity contribution in [2.45, 2.75) is 79.1 Å². The molecule has 0 aromatic heterocycles. The third kappa shape index (κ3) is 29.9. The quantitative estimate of drug-likeness (QED) is 0.162. The molecule has 0 spiro atoms. The van der Waals surface area contributed by atoms with Crippen molar-refractivity contribution in [1.29, 1.82) is 0 Å². The van der Waals surface area contributed by atoms with Crippen molar-refractivity contribution in [2.75, 3.05) is 26.4 Å². The van der Waals surface area contributed by atoms with E-state index in [0.717, 1.165) is 51.4 Å². The van der Waals surface area contributed by atoms with E-state index in [2.05, 4.69) is 27.7 Å². The molecule has 0 aromatic carbocycles. The first-order chi connectivity index (χ1) is 11.6. The summed E-state index contributed by atoms with van der Waals surface area (Å²) in [6.07, 6.45) is 8.05. The molecule has 0 aliphatic carbocycles. The first kappa shape index (κ1) is 30.6. The van der Waals surface area contributed by atoms with E-state index in [4.69, 9.17) is 18.1 Å². The molecule has 0 heterocycles. The Morgan fingerprint density at radius 3 is 0.880 bits per heavy atom. The smallest absolute Gasteiger partial charge is 0.311 e. The van der Waals surface area contributed by atoms with Crippen LogP contribution >= 0.6 is 16.5 Å². The van der Waals surface area contributed by atoms with Crippen molar-refractivity contribution in [3.05, 3.63) is 0 Å². The summed E-state index contributed by atoms with van der Waals surface area (Å²) in [7, 11) is -4.37. The van der Waals surface area contributed by atoms with Crippen molar-refractivity contribution >= 4 is 16.5 Å². The molecule has 6 nitrogen and oxygen atoms in total. The molecule has 25 heavy (non-hydrogen) atoms. The number of hydrogen-bond acceptors (Lipinski definition) is 6. The summed E-state index contributed by atoms with van der Waals surface area (Å²) < 4.78 is 41.7. The van der Waals surface area contributed by atoms with Gasteiger partial charge in [-0.2, -0.15) is 0 Å². The van der Waals surface area contributed by atoms with Crippen molar-refractivity contribution in [1.82, 2.24) is 0 Å². The molecular weight excluding hydrogens is 416 g/mol. The third-order valence-electron chi connectivity index (χ3n) is 2.87. The van der Waals surface area contributed by atoms with Gasteiger partial charge in [-0.15, -0.1) is 0 Å². The summed E-state index contributed by atoms with van der Waals surface area (Å²) in [5, 5.41) is 0. The normalized spacial score (nSPS) is 10.5. The molecule has 0 atom stereocenters. The van der Waals surface area contributed by atoms with Gasteiger partial charge in [0, 0.05) is 19.5 Å². The summed E-state index contributed by atoms with van der Waals surface area (Å²) in [5.74, 6) is 0. The zero-order chi connectivity index (χ0) is 18.5. The standard InChI is InChI=1S/2C8H19O3P.Zn/c2*1-3-5-7-10-12(9)11-8-6-4-2;/h2*12H,3-8H2,1-2H3;. The van der Waals surface area contributed by atoms with Crippen molar-refractivity contribution in [3.63, 3.8) is 0 Å². The van der Waals surface area contributed by atoms with Crippen LogP contribution in [0.3, 0.4) is 0 Å². The molecule has 0 rings (SSSR count). The first-order valence-corrected chi connectivity index (χ1v) is 11.7. The molecule has 0 bridgehead atoms. The monoisotopic (exact) mass is 452 g/mol. The van der Waals surface area contributed by atoms with Crippen LogP contribution in [0.2, 0.25) is 0 Å². The topological polar surface area (TPSA) is 71.1 Å². The van der Waals surface area contributed by atoms with E-state index in [9.17, 15) is 9.13 Å². The van der Waals surface area contributed by atoms with Gasteiger partial charge in [-0.1, -0.05) is 53.4 Å². The second-order valence-electron chi connectivity index (χ2n) is 5.31. The summed E-state index contributed by atoms with van der Waals surface area (Å²) >= 11 is 0. The van der Waals surface area contributed by atoms with Gasteiger partial charge >= 0.3 is 16.5 Å². The first-order valence-electron chi connectivity index (χ1n) is 9.21. The van der Waals surface area contributed by atoms with Crippen LogP contribution in [-0.4, -0.2) is 26.4 Å². The van der Waals surface area contributed by atoms with Gasteiger partial charge in [-0.3, -0.25) is 9.13 Å². The maximum atomic E-state index is 10.9. The minimum atomic E-state index is -2.18. The fraction of sp³-hybridized carbons (Fsp3) is 1.00. The second-order valence-corrected chi connectivity index (χ2v) is 7.46. The SMILES string of the molecule is CCCCO[PH](=O)OCCCC.CCCCO[PH](=O)OCCCC.[Zn]. The van der Waals surface area contributed by atoms with E-state index in [0.29, 0.717) is 26.4 Å². The van der Waals surface area contributed by atoms with Gasteiger partial charge < -0.3 is 18.1 Å². The number of hydrogen-bond donors (Lipinski definition) is 0. The molecule has 0 saturated carbocycles. The summed E-state index contributed by atoms with van der Waals surface area (Å²) in [6, 6.07) is 0. The maximum absolute atomic E-state index is 10.9. The largest absolute Gasteiger partial charge is 0.319 e. The number of unbranched alkanes of at least 4 members (excludes halogenated alkanes) is 4. The van der Waals surface area contributed by atoms with E-state index in [1.54, 1.807) is 0 Å². The Morgan fingerprint density at radius 1 is 0.520 bits per heavy atom. The second kappa shape index (κ2) is 27.1. The molecule has 0 N–H and O–H groups in total. The fourth-order valence-corrected chi connectivity index (χ4v) is 2.69. The Bertz CT molecular complexity index is 244. The zero-order valence-electron chi connectivity index (χ0n) is 16.6. The van der Waals surface area contributed by atoms with Gasteiger partial charge in [0.25, 0.3) is 0 Å². The Hall–Kier alpha value is 0.923. The van der Waals surface area contributed by atoms with Crippen molar-refractivity contribution in [2.24, 2.45) is 0 Å². The fourth-order valence-electron chi connectivity index (χ4n) is 1.28. The zero-order valence-corrected chi connectivity index (χ0v) is 21.6. The molecule has 0 saturated heterocycles. The molecule has 0 fully saturated rings. The predicted octanol–water partition coefficient (Wildman–Crippen LogP) is 6.02. The van der Waals surface area contributed by atoms with Crippen molar-refractivity contribution < 1.29 is 46.7 Å². The minimum absolute atomic E-state index is 0. The summed E-state index contributed by atoms with van der Waals surface area (Å²) in [5.41, 5.74) is 0. The predicted molar refractivity (Wildman–Crippen MR) is 101 cm³/mol. The van der Waals surface area contributed by atoms with Gasteiger partial charge in [0.05, 0.1) is 26.4 Å². The van der Waals surface area contributed by atoms with Crippen molar-refractivity contribution in [3.8, 4) is 0 Å². The molecule has 150 valence electrons. The van der Waals surface area contributed by atoms with Crippen LogP contribution in [0, 0.1) is 0 Å². The molecule has 0 aliphatic heterocycles. The summed E-state index contributed by atoms with van der Waals surface area (Å²) in [4.78, 5) is 0. The van der Waals surface area contributed by atoms with Gasteiger partial charge in [-0.05, 0) is 25.7 Å². The van der Waals surface area contributed by atoms with Crippen LogP contribution < -0.4 is 0 Å². The van der Waals surface area contributed by atoms with Gasteiger partial charge in [0.2, 0.25) is 0 Å². The van der Waals surface area contributed by atoms with E-state index < -0.39 is 16.5 Å². The van der Waals surface area contributed by atoms with Crippen LogP contribution in [0.5, 0.6) is 0 Å². The summed E-state index contributed by atoms with van der Waals surface area (Å²) in [6.45, 7) is 10.5. The molecule has 0 aromatic rings. The van der Waals surface area contributed by atoms with Crippen LogP contribution in [-0.2, 0) is 46.7 Å². The van der Waals surface area contributed by atoms with Crippen LogP contribution in [0.1, 0.15) is 79.1 Å². The van der Waals surface area contributed by atoms with Crippen LogP contribution in [0.4, 0.5) is 0 Å². The Morgan fingerprint density at radius 2 is 0.720 bits per heavy atom. The maximum Gasteiger partial charge on any atom is 0.319 e. The Balaban J connectivity index is -0.000000372. The number of rotatable bonds is 16. The Labute approximate surface area is 168 Å². The Kier molecular flexibility index (Phi) is 33.3. The molecular formula is C16H38O6P2Zn. The molecule has 0 aliphatic rings. The van der Waals surface area contributed by atoms with Gasteiger partial charge in [0.15, 0.2) is 0 Å². The van der Waals surface area contributed by atoms with E-state index >= 15 is 0 Å². The molecule has 0 amide bonds. The average Bonchev–Trinajstić information content (AvgIpc) is 2.56. The van der Waals surface area contributed by atoms with Gasteiger partial charge in [-0.25, -0.2) is 0 Å². The van der Waals surface area contributed by atoms with Crippen LogP contribution in [0.15, 0.2) is 0 Å².